The summed E-state index contributed by atoms with van der Waals surface area (Å²) in [4.78, 5) is 1.19. The quantitative estimate of drug-likeness (QED) is 0.764. The third kappa shape index (κ3) is 4.85. The number of thiophene rings is 1. The van der Waals surface area contributed by atoms with Gasteiger partial charge in [0.05, 0.1) is 25.4 Å². The number of rotatable bonds is 8. The van der Waals surface area contributed by atoms with E-state index >= 15 is 0 Å². The second-order valence-electron chi connectivity index (χ2n) is 4.97. The summed E-state index contributed by atoms with van der Waals surface area (Å²) in [5.41, 5.74) is 0. The molecule has 3 atom stereocenters. The van der Waals surface area contributed by atoms with Gasteiger partial charge in [-0.05, 0) is 30.7 Å². The molecule has 1 aliphatic rings. The first kappa shape index (κ1) is 14.9. The largest absolute Gasteiger partial charge is 0.389 e. The number of ether oxygens (including phenoxy) is 2. The molecule has 1 aromatic heterocycles. The molecule has 0 aromatic carbocycles. The highest BCUT2D eigenvalue weighted by Gasteiger charge is 2.26. The molecule has 4 nitrogen and oxygen atoms in total. The van der Waals surface area contributed by atoms with Crippen molar-refractivity contribution >= 4 is 11.3 Å². The van der Waals surface area contributed by atoms with Crippen molar-refractivity contribution in [1.29, 1.82) is 0 Å². The van der Waals surface area contributed by atoms with Gasteiger partial charge < -0.3 is 19.9 Å². The molecule has 3 unspecified atom stereocenters. The summed E-state index contributed by atoms with van der Waals surface area (Å²) in [5.74, 6) is 0. The summed E-state index contributed by atoms with van der Waals surface area (Å²) in [6.07, 6.45) is 3.26. The van der Waals surface area contributed by atoms with Crippen LogP contribution in [-0.4, -0.2) is 43.6 Å². The fourth-order valence-electron chi connectivity index (χ4n) is 2.48. The zero-order chi connectivity index (χ0) is 13.5. The molecule has 0 saturated heterocycles. The lowest BCUT2D eigenvalue weighted by atomic mass is 10.2. The monoisotopic (exact) mass is 285 g/mol. The lowest BCUT2D eigenvalue weighted by Crippen LogP contribution is -2.42. The van der Waals surface area contributed by atoms with E-state index in [0.29, 0.717) is 31.9 Å². The van der Waals surface area contributed by atoms with E-state index < -0.39 is 6.10 Å². The van der Waals surface area contributed by atoms with Gasteiger partial charge in [-0.3, -0.25) is 0 Å². The minimum Gasteiger partial charge on any atom is -0.389 e. The fraction of sp³-hybridized carbons (Fsp3) is 0.714. The lowest BCUT2D eigenvalue weighted by Gasteiger charge is -2.21. The molecule has 2 N–H and O–H groups in total. The van der Waals surface area contributed by atoms with E-state index in [1.165, 1.54) is 11.3 Å². The van der Waals surface area contributed by atoms with Crippen LogP contribution in [0, 0.1) is 0 Å². The Bertz CT molecular complexity index is 344. The summed E-state index contributed by atoms with van der Waals surface area (Å²) in [6, 6.07) is 4.42. The van der Waals surface area contributed by atoms with Gasteiger partial charge in [0, 0.05) is 24.6 Å². The molecule has 0 bridgehead atoms. The minimum atomic E-state index is -0.460. The molecular formula is C14H23NO3S. The van der Waals surface area contributed by atoms with Gasteiger partial charge in [-0.1, -0.05) is 6.07 Å². The SMILES string of the molecule is COC1CCCC1NCC(O)COCc1cccs1. The Kier molecular flexibility index (Phi) is 6.26. The number of aliphatic hydroxyl groups excluding tert-OH is 1. The van der Waals surface area contributed by atoms with Crippen molar-refractivity contribution in [3.05, 3.63) is 22.4 Å². The maximum Gasteiger partial charge on any atom is 0.0897 e. The number of methoxy groups -OCH3 is 1. The molecule has 1 heterocycles. The van der Waals surface area contributed by atoms with Crippen LogP contribution < -0.4 is 5.32 Å². The van der Waals surface area contributed by atoms with E-state index in [4.69, 9.17) is 9.47 Å². The number of aliphatic hydroxyl groups is 1. The Morgan fingerprint density at radius 3 is 3.16 bits per heavy atom. The number of nitrogens with one attached hydrogen (secondary N) is 1. The van der Waals surface area contributed by atoms with Crippen molar-refractivity contribution in [2.24, 2.45) is 0 Å². The summed E-state index contributed by atoms with van der Waals surface area (Å²) < 4.78 is 10.9. The van der Waals surface area contributed by atoms with Crippen molar-refractivity contribution < 1.29 is 14.6 Å². The third-order valence-corrected chi connectivity index (χ3v) is 4.36. The molecular weight excluding hydrogens is 262 g/mol. The van der Waals surface area contributed by atoms with Gasteiger partial charge in [0.15, 0.2) is 0 Å². The molecule has 1 saturated carbocycles. The van der Waals surface area contributed by atoms with Gasteiger partial charge in [0.2, 0.25) is 0 Å². The lowest BCUT2D eigenvalue weighted by molar-refractivity contribution is 0.0235. The molecule has 0 amide bonds. The minimum absolute atomic E-state index is 0.291. The normalized spacial score (nSPS) is 24.7. The van der Waals surface area contributed by atoms with E-state index in [1.807, 2.05) is 17.5 Å². The zero-order valence-corrected chi connectivity index (χ0v) is 12.2. The van der Waals surface area contributed by atoms with E-state index in [-0.39, 0.29) is 0 Å². The highest BCUT2D eigenvalue weighted by atomic mass is 32.1. The molecule has 0 radical (unpaired) electrons. The maximum absolute atomic E-state index is 9.87. The summed E-state index contributed by atoms with van der Waals surface area (Å²) in [6.45, 7) is 1.52. The summed E-state index contributed by atoms with van der Waals surface area (Å²) >= 11 is 1.67. The fourth-order valence-corrected chi connectivity index (χ4v) is 3.12. The highest BCUT2D eigenvalue weighted by molar-refractivity contribution is 7.09. The van der Waals surface area contributed by atoms with Gasteiger partial charge in [-0.15, -0.1) is 11.3 Å². The van der Waals surface area contributed by atoms with Crippen LogP contribution in [0.5, 0.6) is 0 Å². The standard InChI is InChI=1S/C14H23NO3S/c1-17-14-6-2-5-13(14)15-8-11(16)9-18-10-12-4-3-7-19-12/h3-4,7,11,13-16H,2,5-6,8-10H2,1H3. The molecule has 0 aliphatic heterocycles. The third-order valence-electron chi connectivity index (χ3n) is 3.51. The Balaban J connectivity index is 1.58. The first-order valence-corrected chi connectivity index (χ1v) is 7.72. The maximum atomic E-state index is 9.87. The van der Waals surface area contributed by atoms with Crippen LogP contribution >= 0.6 is 11.3 Å². The van der Waals surface area contributed by atoms with Crippen molar-refractivity contribution in [2.45, 2.75) is 44.1 Å². The first-order chi connectivity index (χ1) is 9.29. The van der Waals surface area contributed by atoms with E-state index in [0.717, 1.165) is 12.8 Å². The van der Waals surface area contributed by atoms with Crippen molar-refractivity contribution in [3.8, 4) is 0 Å². The second-order valence-corrected chi connectivity index (χ2v) is 6.00. The molecule has 0 spiro atoms. The van der Waals surface area contributed by atoms with Crippen LogP contribution in [0.4, 0.5) is 0 Å². The van der Waals surface area contributed by atoms with Gasteiger partial charge in [0.25, 0.3) is 0 Å². The van der Waals surface area contributed by atoms with Crippen LogP contribution in [0.3, 0.4) is 0 Å². The van der Waals surface area contributed by atoms with Crippen molar-refractivity contribution in [3.63, 3.8) is 0 Å². The average Bonchev–Trinajstić information content (AvgIpc) is 3.07. The van der Waals surface area contributed by atoms with E-state index in [1.54, 1.807) is 18.4 Å². The van der Waals surface area contributed by atoms with Crippen LogP contribution in [0.25, 0.3) is 0 Å². The Morgan fingerprint density at radius 1 is 1.53 bits per heavy atom. The van der Waals surface area contributed by atoms with Crippen LogP contribution in [-0.2, 0) is 16.1 Å². The number of hydrogen-bond donors (Lipinski definition) is 2. The second kappa shape index (κ2) is 7.97. The van der Waals surface area contributed by atoms with E-state index in [9.17, 15) is 5.11 Å². The Morgan fingerprint density at radius 2 is 2.42 bits per heavy atom. The molecule has 2 rings (SSSR count). The molecule has 1 fully saturated rings. The highest BCUT2D eigenvalue weighted by Crippen LogP contribution is 2.21. The van der Waals surface area contributed by atoms with Crippen LogP contribution in [0.15, 0.2) is 17.5 Å². The molecule has 1 aliphatic carbocycles. The molecule has 5 heteroatoms. The predicted octanol–water partition coefficient (Wildman–Crippen LogP) is 1.78. The van der Waals surface area contributed by atoms with Crippen LogP contribution in [0.2, 0.25) is 0 Å². The molecule has 108 valence electrons. The summed E-state index contributed by atoms with van der Waals surface area (Å²) in [5, 5.41) is 15.3. The molecule has 19 heavy (non-hydrogen) atoms. The van der Waals surface area contributed by atoms with Gasteiger partial charge in [-0.2, -0.15) is 0 Å². The van der Waals surface area contributed by atoms with Crippen molar-refractivity contribution in [2.75, 3.05) is 20.3 Å². The van der Waals surface area contributed by atoms with Gasteiger partial charge >= 0.3 is 0 Å². The summed E-state index contributed by atoms with van der Waals surface area (Å²) in [7, 11) is 1.76. The topological polar surface area (TPSA) is 50.7 Å². The Hall–Kier alpha value is -0.460. The molecule has 1 aromatic rings. The average molecular weight is 285 g/mol. The van der Waals surface area contributed by atoms with Crippen molar-refractivity contribution in [1.82, 2.24) is 5.32 Å². The number of hydrogen-bond acceptors (Lipinski definition) is 5. The zero-order valence-electron chi connectivity index (χ0n) is 11.4. The Labute approximate surface area is 118 Å². The van der Waals surface area contributed by atoms with Gasteiger partial charge in [0.1, 0.15) is 0 Å². The first-order valence-electron chi connectivity index (χ1n) is 6.84. The van der Waals surface area contributed by atoms with E-state index in [2.05, 4.69) is 5.32 Å². The predicted molar refractivity (Wildman–Crippen MR) is 76.4 cm³/mol. The smallest absolute Gasteiger partial charge is 0.0897 e. The van der Waals surface area contributed by atoms with Crippen LogP contribution in [0.1, 0.15) is 24.1 Å². The van der Waals surface area contributed by atoms with Gasteiger partial charge in [-0.25, -0.2) is 0 Å².